The van der Waals surface area contributed by atoms with Gasteiger partial charge in [0.05, 0.1) is 0 Å². The predicted molar refractivity (Wildman–Crippen MR) is 68.4 cm³/mol. The molecule has 0 atom stereocenters. The van der Waals surface area contributed by atoms with Crippen LogP contribution < -0.4 is 5.73 Å². The minimum atomic E-state index is 0.646. The van der Waals surface area contributed by atoms with E-state index in [0.29, 0.717) is 6.54 Å². The van der Waals surface area contributed by atoms with Gasteiger partial charge in [0.25, 0.3) is 0 Å². The van der Waals surface area contributed by atoms with Crippen LogP contribution in [-0.4, -0.2) is 21.8 Å². The highest BCUT2D eigenvalue weighted by atomic mass is 35.5. The van der Waals surface area contributed by atoms with Gasteiger partial charge in [0.15, 0.2) is 5.16 Å². The minimum absolute atomic E-state index is 0.646. The molecule has 0 bridgehead atoms. The highest BCUT2D eigenvalue weighted by molar-refractivity contribution is 7.99. The Hall–Kier alpha value is -0.970. The Morgan fingerprint density at radius 3 is 3.06 bits per heavy atom. The van der Waals surface area contributed by atoms with Gasteiger partial charge in [-0.1, -0.05) is 29.4 Å². The van der Waals surface area contributed by atoms with Crippen molar-refractivity contribution in [3.63, 3.8) is 0 Å². The van der Waals surface area contributed by atoms with E-state index >= 15 is 0 Å². The molecule has 1 aromatic heterocycles. The Morgan fingerprint density at radius 1 is 1.44 bits per heavy atom. The topological polar surface area (TPSA) is 43.8 Å². The smallest absolute Gasteiger partial charge is 0.172 e. The average Bonchev–Trinajstić information content (AvgIpc) is 2.74. The fourth-order valence-corrected chi connectivity index (χ4v) is 2.29. The van der Waals surface area contributed by atoms with E-state index in [1.807, 2.05) is 35.0 Å². The van der Waals surface area contributed by atoms with Gasteiger partial charge in [-0.25, -0.2) is 4.98 Å². The first kappa shape index (κ1) is 11.5. The van der Waals surface area contributed by atoms with Gasteiger partial charge < -0.3 is 5.73 Å². The van der Waals surface area contributed by atoms with Crippen LogP contribution in [0.1, 0.15) is 0 Å². The number of rotatable bonds is 4. The largest absolute Gasteiger partial charge is 0.330 e. The van der Waals surface area contributed by atoms with Crippen molar-refractivity contribution < 1.29 is 0 Å². The minimum Gasteiger partial charge on any atom is -0.330 e. The first-order valence-electron chi connectivity index (χ1n) is 4.93. The Balaban J connectivity index is 2.29. The van der Waals surface area contributed by atoms with Crippen molar-refractivity contribution in [3.8, 4) is 5.69 Å². The van der Waals surface area contributed by atoms with Crippen molar-refractivity contribution in [2.75, 3.05) is 12.3 Å². The van der Waals surface area contributed by atoms with Crippen LogP contribution >= 0.6 is 23.4 Å². The fraction of sp³-hybridized carbons (Fsp3) is 0.182. The molecule has 2 aromatic rings. The molecule has 0 aliphatic heterocycles. The zero-order valence-corrected chi connectivity index (χ0v) is 10.2. The van der Waals surface area contributed by atoms with E-state index in [1.165, 1.54) is 0 Å². The third kappa shape index (κ3) is 2.58. The molecule has 0 unspecified atom stereocenters. The maximum absolute atomic E-state index is 5.96. The van der Waals surface area contributed by atoms with Gasteiger partial charge in [0, 0.05) is 35.4 Å². The van der Waals surface area contributed by atoms with Gasteiger partial charge in [0.2, 0.25) is 0 Å². The van der Waals surface area contributed by atoms with Crippen molar-refractivity contribution in [2.24, 2.45) is 5.73 Å². The summed E-state index contributed by atoms with van der Waals surface area (Å²) >= 11 is 7.60. The van der Waals surface area contributed by atoms with Crippen LogP contribution in [0.5, 0.6) is 0 Å². The number of imidazole rings is 1. The molecule has 1 heterocycles. The summed E-state index contributed by atoms with van der Waals surface area (Å²) in [6, 6.07) is 7.69. The average molecular weight is 254 g/mol. The Morgan fingerprint density at radius 2 is 2.31 bits per heavy atom. The molecule has 3 nitrogen and oxygen atoms in total. The Kier molecular flexibility index (Phi) is 3.88. The molecule has 84 valence electrons. The molecule has 2 rings (SSSR count). The van der Waals surface area contributed by atoms with Crippen LogP contribution in [-0.2, 0) is 0 Å². The van der Waals surface area contributed by atoms with Crippen LogP contribution in [0, 0.1) is 0 Å². The van der Waals surface area contributed by atoms with Gasteiger partial charge in [-0.3, -0.25) is 4.57 Å². The lowest BCUT2D eigenvalue weighted by Gasteiger charge is -2.07. The van der Waals surface area contributed by atoms with Gasteiger partial charge in [-0.05, 0) is 18.2 Å². The predicted octanol–water partition coefficient (Wildman–Crippen LogP) is 2.58. The van der Waals surface area contributed by atoms with Crippen LogP contribution in [0.3, 0.4) is 0 Å². The fourth-order valence-electron chi connectivity index (χ4n) is 1.37. The second kappa shape index (κ2) is 5.39. The normalized spacial score (nSPS) is 10.6. The van der Waals surface area contributed by atoms with E-state index in [-0.39, 0.29) is 0 Å². The molecular formula is C11H12ClN3S. The number of benzene rings is 1. The molecule has 0 amide bonds. The molecule has 0 aliphatic carbocycles. The molecule has 2 N–H and O–H groups in total. The summed E-state index contributed by atoms with van der Waals surface area (Å²) in [5, 5.41) is 1.66. The van der Waals surface area contributed by atoms with Crippen LogP contribution in [0.15, 0.2) is 41.8 Å². The van der Waals surface area contributed by atoms with Gasteiger partial charge in [0.1, 0.15) is 0 Å². The summed E-state index contributed by atoms with van der Waals surface area (Å²) < 4.78 is 2.01. The molecule has 0 aliphatic rings. The number of aromatic nitrogens is 2. The molecule has 0 saturated carbocycles. The monoisotopic (exact) mass is 253 g/mol. The lowest BCUT2D eigenvalue weighted by atomic mass is 10.3. The Bertz CT molecular complexity index is 470. The lowest BCUT2D eigenvalue weighted by Crippen LogP contribution is -2.03. The standard InChI is InChI=1S/C11H12ClN3S/c12-9-2-1-3-10(8-9)15-6-5-14-11(15)16-7-4-13/h1-3,5-6,8H,4,7,13H2. The summed E-state index contributed by atoms with van der Waals surface area (Å²) in [5.74, 6) is 0.859. The van der Waals surface area contributed by atoms with Crippen LogP contribution in [0.4, 0.5) is 0 Å². The highest BCUT2D eigenvalue weighted by Gasteiger charge is 2.05. The van der Waals surface area contributed by atoms with E-state index in [4.69, 9.17) is 17.3 Å². The number of nitrogens with two attached hydrogens (primary N) is 1. The number of hydrogen-bond acceptors (Lipinski definition) is 3. The maximum Gasteiger partial charge on any atom is 0.172 e. The molecule has 0 radical (unpaired) electrons. The van der Waals surface area contributed by atoms with E-state index < -0.39 is 0 Å². The number of nitrogens with zero attached hydrogens (tertiary/aromatic N) is 2. The van der Waals surface area contributed by atoms with E-state index in [0.717, 1.165) is 21.6 Å². The first-order valence-corrected chi connectivity index (χ1v) is 6.30. The number of halogens is 1. The van der Waals surface area contributed by atoms with Crippen molar-refractivity contribution in [1.82, 2.24) is 9.55 Å². The molecular weight excluding hydrogens is 242 g/mol. The molecule has 0 spiro atoms. The van der Waals surface area contributed by atoms with Crippen molar-refractivity contribution in [1.29, 1.82) is 0 Å². The third-order valence-corrected chi connectivity index (χ3v) is 3.28. The molecule has 0 saturated heterocycles. The second-order valence-electron chi connectivity index (χ2n) is 3.20. The summed E-state index contributed by atoms with van der Waals surface area (Å²) in [5.41, 5.74) is 6.50. The van der Waals surface area contributed by atoms with Gasteiger partial charge >= 0.3 is 0 Å². The summed E-state index contributed by atoms with van der Waals surface area (Å²) in [4.78, 5) is 4.29. The summed E-state index contributed by atoms with van der Waals surface area (Å²) in [7, 11) is 0. The maximum atomic E-state index is 5.96. The number of thioether (sulfide) groups is 1. The first-order chi connectivity index (χ1) is 7.81. The van der Waals surface area contributed by atoms with Crippen molar-refractivity contribution in [3.05, 3.63) is 41.7 Å². The van der Waals surface area contributed by atoms with Crippen LogP contribution in [0.2, 0.25) is 5.02 Å². The second-order valence-corrected chi connectivity index (χ2v) is 4.70. The van der Waals surface area contributed by atoms with Crippen LogP contribution in [0.25, 0.3) is 5.69 Å². The SMILES string of the molecule is NCCSc1nccn1-c1cccc(Cl)c1. The highest BCUT2D eigenvalue weighted by Crippen LogP contribution is 2.21. The van der Waals surface area contributed by atoms with E-state index in [9.17, 15) is 0 Å². The van der Waals surface area contributed by atoms with Crippen molar-refractivity contribution in [2.45, 2.75) is 5.16 Å². The third-order valence-electron chi connectivity index (χ3n) is 2.04. The molecule has 1 aromatic carbocycles. The van der Waals surface area contributed by atoms with Gasteiger partial charge in [-0.2, -0.15) is 0 Å². The summed E-state index contributed by atoms with van der Waals surface area (Å²) in [6.45, 7) is 0.646. The van der Waals surface area contributed by atoms with E-state index in [2.05, 4.69) is 4.98 Å². The quantitative estimate of drug-likeness (QED) is 0.852. The lowest BCUT2D eigenvalue weighted by molar-refractivity contribution is 0.894. The molecule has 0 fully saturated rings. The zero-order valence-electron chi connectivity index (χ0n) is 8.64. The van der Waals surface area contributed by atoms with E-state index in [1.54, 1.807) is 18.0 Å². The Labute approximate surface area is 104 Å². The molecule has 5 heteroatoms. The zero-order chi connectivity index (χ0) is 11.4. The van der Waals surface area contributed by atoms with Gasteiger partial charge in [-0.15, -0.1) is 0 Å². The van der Waals surface area contributed by atoms with Crippen molar-refractivity contribution >= 4 is 23.4 Å². The number of hydrogen-bond donors (Lipinski definition) is 1. The summed E-state index contributed by atoms with van der Waals surface area (Å²) in [6.07, 6.45) is 3.70. The molecule has 16 heavy (non-hydrogen) atoms.